The molecule has 8 nitrogen and oxygen atoms in total. The van der Waals surface area contributed by atoms with Crippen LogP contribution >= 0.6 is 0 Å². The van der Waals surface area contributed by atoms with E-state index in [1.165, 1.54) is 36.4 Å². The molecule has 0 saturated carbocycles. The Kier molecular flexibility index (Phi) is 5.45. The number of benzene rings is 2. The first-order valence-electron chi connectivity index (χ1n) is 6.92. The monoisotopic (exact) mass is 330 g/mol. The van der Waals surface area contributed by atoms with Gasteiger partial charge in [0, 0.05) is 23.4 Å². The zero-order valence-corrected chi connectivity index (χ0v) is 12.5. The molecule has 0 radical (unpaired) electrons. The number of carbonyl (C=O) groups excluding carboxylic acids is 2. The SMILES string of the molecule is O=C(CNc1ccc(O)cc1)OCC(=O)c1ccc([N+](=O)[O-])cc1. The maximum absolute atomic E-state index is 11.8. The smallest absolute Gasteiger partial charge is 0.325 e. The van der Waals surface area contributed by atoms with Crippen LogP contribution in [0.2, 0.25) is 0 Å². The van der Waals surface area contributed by atoms with Gasteiger partial charge in [0.25, 0.3) is 5.69 Å². The summed E-state index contributed by atoms with van der Waals surface area (Å²) in [7, 11) is 0. The summed E-state index contributed by atoms with van der Waals surface area (Å²) in [5, 5.41) is 22.5. The lowest BCUT2D eigenvalue weighted by atomic mass is 10.1. The average Bonchev–Trinajstić information content (AvgIpc) is 2.59. The number of nitro groups is 1. The lowest BCUT2D eigenvalue weighted by molar-refractivity contribution is -0.384. The molecular weight excluding hydrogens is 316 g/mol. The summed E-state index contributed by atoms with van der Waals surface area (Å²) in [4.78, 5) is 33.4. The molecule has 0 spiro atoms. The second kappa shape index (κ2) is 7.73. The number of nitrogens with one attached hydrogen (secondary N) is 1. The van der Waals surface area contributed by atoms with Crippen LogP contribution in [0.1, 0.15) is 10.4 Å². The van der Waals surface area contributed by atoms with Gasteiger partial charge in [-0.1, -0.05) is 0 Å². The van der Waals surface area contributed by atoms with Crippen LogP contribution < -0.4 is 5.32 Å². The highest BCUT2D eigenvalue weighted by Gasteiger charge is 2.12. The Hall–Kier alpha value is -3.42. The molecule has 0 amide bonds. The Morgan fingerprint density at radius 3 is 2.29 bits per heavy atom. The minimum atomic E-state index is -0.627. The number of ketones is 1. The topological polar surface area (TPSA) is 119 Å². The van der Waals surface area contributed by atoms with E-state index in [2.05, 4.69) is 5.32 Å². The van der Waals surface area contributed by atoms with Gasteiger partial charge in [0.2, 0.25) is 0 Å². The fourth-order valence-electron chi connectivity index (χ4n) is 1.80. The summed E-state index contributed by atoms with van der Waals surface area (Å²) in [6.07, 6.45) is 0. The Morgan fingerprint density at radius 1 is 1.08 bits per heavy atom. The normalized spacial score (nSPS) is 10.0. The highest BCUT2D eigenvalue weighted by molar-refractivity contribution is 5.98. The van der Waals surface area contributed by atoms with Crippen LogP contribution in [0.5, 0.6) is 5.75 Å². The maximum Gasteiger partial charge on any atom is 0.325 e. The number of aromatic hydroxyl groups is 1. The van der Waals surface area contributed by atoms with Crippen molar-refractivity contribution in [2.24, 2.45) is 0 Å². The molecule has 0 bridgehead atoms. The van der Waals surface area contributed by atoms with Gasteiger partial charge in [-0.2, -0.15) is 0 Å². The van der Waals surface area contributed by atoms with Crippen LogP contribution in [0.25, 0.3) is 0 Å². The molecule has 0 aromatic heterocycles. The van der Waals surface area contributed by atoms with Gasteiger partial charge >= 0.3 is 5.97 Å². The van der Waals surface area contributed by atoms with Crippen LogP contribution in [0, 0.1) is 10.1 Å². The first-order valence-corrected chi connectivity index (χ1v) is 6.92. The average molecular weight is 330 g/mol. The predicted octanol–water partition coefficient (Wildman–Crippen LogP) is 2.14. The Labute approximate surface area is 136 Å². The molecule has 0 unspecified atom stereocenters. The number of Topliss-reactive ketones (excluding diaryl/α,β-unsaturated/α-hetero) is 1. The fraction of sp³-hybridized carbons (Fsp3) is 0.125. The molecule has 0 aliphatic heterocycles. The quantitative estimate of drug-likeness (QED) is 0.262. The van der Waals surface area contributed by atoms with Crippen LogP contribution in [0.3, 0.4) is 0 Å². The molecule has 2 N–H and O–H groups in total. The third-order valence-electron chi connectivity index (χ3n) is 3.07. The lowest BCUT2D eigenvalue weighted by Gasteiger charge is -2.07. The number of hydrogen-bond acceptors (Lipinski definition) is 7. The number of nitro benzene ring substituents is 1. The van der Waals surface area contributed by atoms with E-state index in [4.69, 9.17) is 9.84 Å². The number of phenols is 1. The van der Waals surface area contributed by atoms with Gasteiger partial charge in [-0.25, -0.2) is 0 Å². The maximum atomic E-state index is 11.8. The van der Waals surface area contributed by atoms with Crippen LogP contribution in [-0.2, 0) is 9.53 Å². The van der Waals surface area contributed by atoms with E-state index < -0.39 is 23.3 Å². The van der Waals surface area contributed by atoms with Gasteiger partial charge in [0.1, 0.15) is 12.3 Å². The van der Waals surface area contributed by atoms with E-state index in [0.717, 1.165) is 0 Å². The van der Waals surface area contributed by atoms with E-state index in [0.29, 0.717) is 5.69 Å². The van der Waals surface area contributed by atoms with E-state index in [1.54, 1.807) is 12.1 Å². The minimum absolute atomic E-state index is 0.108. The van der Waals surface area contributed by atoms with Crippen molar-refractivity contribution in [3.63, 3.8) is 0 Å². The van der Waals surface area contributed by atoms with Gasteiger partial charge in [0.15, 0.2) is 12.4 Å². The Morgan fingerprint density at radius 2 is 1.71 bits per heavy atom. The Balaban J connectivity index is 1.79. The number of carbonyl (C=O) groups is 2. The summed E-state index contributed by atoms with van der Waals surface area (Å²) in [6.45, 7) is -0.591. The first-order chi connectivity index (χ1) is 11.5. The zero-order chi connectivity index (χ0) is 17.5. The molecule has 0 fully saturated rings. The van der Waals surface area contributed by atoms with Gasteiger partial charge in [-0.05, 0) is 36.4 Å². The van der Waals surface area contributed by atoms with E-state index in [-0.39, 0.29) is 23.5 Å². The minimum Gasteiger partial charge on any atom is -0.508 e. The van der Waals surface area contributed by atoms with Crippen molar-refractivity contribution in [2.75, 3.05) is 18.5 Å². The molecule has 8 heteroatoms. The van der Waals surface area contributed by atoms with Gasteiger partial charge in [-0.3, -0.25) is 19.7 Å². The number of non-ortho nitro benzene ring substituents is 1. The molecule has 2 aromatic rings. The van der Waals surface area contributed by atoms with Crippen molar-refractivity contribution in [1.29, 1.82) is 0 Å². The summed E-state index contributed by atoms with van der Waals surface area (Å²) in [5.41, 5.74) is 0.716. The number of ether oxygens (including phenoxy) is 1. The molecule has 0 heterocycles. The van der Waals surface area contributed by atoms with Crippen molar-refractivity contribution < 1.29 is 24.4 Å². The third-order valence-corrected chi connectivity index (χ3v) is 3.07. The molecular formula is C16H14N2O6. The number of esters is 1. The summed E-state index contributed by atoms with van der Waals surface area (Å²) in [6, 6.07) is 11.1. The van der Waals surface area contributed by atoms with Crippen LogP contribution in [0.4, 0.5) is 11.4 Å². The summed E-state index contributed by atoms with van der Waals surface area (Å²) < 4.78 is 4.85. The molecule has 0 aliphatic carbocycles. The number of nitrogens with zero attached hydrogens (tertiary/aromatic N) is 1. The first kappa shape index (κ1) is 16.9. The van der Waals surface area contributed by atoms with Crippen molar-refractivity contribution >= 4 is 23.1 Å². The zero-order valence-electron chi connectivity index (χ0n) is 12.5. The van der Waals surface area contributed by atoms with Gasteiger partial charge < -0.3 is 15.2 Å². The van der Waals surface area contributed by atoms with Gasteiger partial charge in [-0.15, -0.1) is 0 Å². The molecule has 0 aliphatic rings. The number of anilines is 1. The van der Waals surface area contributed by atoms with Crippen LogP contribution in [-0.4, -0.2) is 34.9 Å². The van der Waals surface area contributed by atoms with E-state index in [9.17, 15) is 19.7 Å². The molecule has 24 heavy (non-hydrogen) atoms. The number of phenolic OH excluding ortho intramolecular Hbond substituents is 1. The fourth-order valence-corrected chi connectivity index (χ4v) is 1.80. The highest BCUT2D eigenvalue weighted by Crippen LogP contribution is 2.14. The second-order valence-electron chi connectivity index (χ2n) is 4.79. The summed E-state index contributed by atoms with van der Waals surface area (Å²) in [5.74, 6) is -0.974. The van der Waals surface area contributed by atoms with E-state index in [1.807, 2.05) is 0 Å². The van der Waals surface area contributed by atoms with Crippen LogP contribution in [0.15, 0.2) is 48.5 Å². The van der Waals surface area contributed by atoms with Crippen molar-refractivity contribution in [1.82, 2.24) is 0 Å². The molecule has 124 valence electrons. The number of hydrogen-bond donors (Lipinski definition) is 2. The molecule has 2 rings (SSSR count). The summed E-state index contributed by atoms with van der Waals surface area (Å²) >= 11 is 0. The molecule has 0 saturated heterocycles. The largest absolute Gasteiger partial charge is 0.508 e. The standard InChI is InChI=1S/C16H14N2O6/c19-14-7-3-12(4-8-14)17-9-16(21)24-10-15(20)11-1-5-13(6-2-11)18(22)23/h1-8,17,19H,9-10H2. The number of rotatable bonds is 7. The van der Waals surface area contributed by atoms with Crippen molar-refractivity contribution in [2.45, 2.75) is 0 Å². The second-order valence-corrected chi connectivity index (χ2v) is 4.79. The van der Waals surface area contributed by atoms with Crippen molar-refractivity contribution in [3.8, 4) is 5.75 Å². The molecule has 0 atom stereocenters. The third kappa shape index (κ3) is 4.80. The van der Waals surface area contributed by atoms with E-state index >= 15 is 0 Å². The predicted molar refractivity (Wildman–Crippen MR) is 85.0 cm³/mol. The van der Waals surface area contributed by atoms with Crippen molar-refractivity contribution in [3.05, 3.63) is 64.2 Å². The highest BCUT2D eigenvalue weighted by atomic mass is 16.6. The van der Waals surface area contributed by atoms with Gasteiger partial charge in [0.05, 0.1) is 4.92 Å². The Bertz CT molecular complexity index is 740. The lowest BCUT2D eigenvalue weighted by Crippen LogP contribution is -2.20. The molecule has 2 aromatic carbocycles.